The van der Waals surface area contributed by atoms with Gasteiger partial charge in [-0.25, -0.2) is 4.98 Å². The Morgan fingerprint density at radius 1 is 1.11 bits per heavy atom. The van der Waals surface area contributed by atoms with Crippen LogP contribution in [0.3, 0.4) is 0 Å². The molecule has 2 rings (SSSR count). The Morgan fingerprint density at radius 3 is 2.83 bits per heavy atom. The van der Waals surface area contributed by atoms with E-state index in [-0.39, 0.29) is 0 Å². The van der Waals surface area contributed by atoms with E-state index in [0.717, 1.165) is 11.5 Å². The molecule has 0 amide bonds. The van der Waals surface area contributed by atoms with Crippen molar-refractivity contribution in [3.05, 3.63) is 55.0 Å². The molecule has 0 aromatic carbocycles. The summed E-state index contributed by atoms with van der Waals surface area (Å²) in [7, 11) is 0. The zero-order valence-corrected chi connectivity index (χ0v) is 10.0. The van der Waals surface area contributed by atoms with Crippen molar-refractivity contribution in [3.8, 4) is 0 Å². The number of aromatic nitrogens is 3. The number of nitrogens with zero attached hydrogens (tertiary/aromatic N) is 3. The molecule has 0 radical (unpaired) electrons. The summed E-state index contributed by atoms with van der Waals surface area (Å²) in [5.41, 5.74) is 0.969. The quantitative estimate of drug-likeness (QED) is 0.758. The molecular weight excluding hydrogens is 226 g/mol. The summed E-state index contributed by atoms with van der Waals surface area (Å²) in [5, 5.41) is 6.24. The standard InChI is InChI=1S/C13H15N5/c1-2-7-15-13-16-9-6-12(18-13)17-10-11-5-3-4-8-14-11/h2-6,8-9H,1,7,10H2,(H2,15,16,17,18). The lowest BCUT2D eigenvalue weighted by atomic mass is 10.3. The third-order valence-corrected chi connectivity index (χ3v) is 2.24. The van der Waals surface area contributed by atoms with Crippen molar-refractivity contribution in [2.45, 2.75) is 6.54 Å². The van der Waals surface area contributed by atoms with Gasteiger partial charge in [-0.05, 0) is 18.2 Å². The highest BCUT2D eigenvalue weighted by atomic mass is 15.1. The van der Waals surface area contributed by atoms with Gasteiger partial charge in [0.15, 0.2) is 0 Å². The smallest absolute Gasteiger partial charge is 0.224 e. The van der Waals surface area contributed by atoms with Crippen LogP contribution >= 0.6 is 0 Å². The van der Waals surface area contributed by atoms with Crippen molar-refractivity contribution in [2.24, 2.45) is 0 Å². The molecule has 2 aromatic rings. The van der Waals surface area contributed by atoms with Crippen LogP contribution in [0.2, 0.25) is 0 Å². The minimum atomic E-state index is 0.584. The molecule has 0 atom stereocenters. The van der Waals surface area contributed by atoms with Crippen molar-refractivity contribution in [1.29, 1.82) is 0 Å². The molecule has 0 fully saturated rings. The molecule has 18 heavy (non-hydrogen) atoms. The molecule has 0 aliphatic carbocycles. The summed E-state index contributed by atoms with van der Waals surface area (Å²) in [6.45, 7) is 4.91. The average Bonchev–Trinajstić information content (AvgIpc) is 2.44. The van der Waals surface area contributed by atoms with E-state index in [9.17, 15) is 0 Å². The highest BCUT2D eigenvalue weighted by Gasteiger charge is 1.98. The summed E-state index contributed by atoms with van der Waals surface area (Å²) in [6, 6.07) is 7.64. The molecule has 0 saturated carbocycles. The van der Waals surface area contributed by atoms with E-state index >= 15 is 0 Å². The number of pyridine rings is 1. The van der Waals surface area contributed by atoms with E-state index in [4.69, 9.17) is 0 Å². The van der Waals surface area contributed by atoms with E-state index in [1.807, 2.05) is 24.3 Å². The van der Waals surface area contributed by atoms with Crippen molar-refractivity contribution in [2.75, 3.05) is 17.2 Å². The normalized spacial score (nSPS) is 9.78. The number of hydrogen-bond donors (Lipinski definition) is 2. The predicted octanol–water partition coefficient (Wildman–Crippen LogP) is 2.08. The Hall–Kier alpha value is -2.43. The Morgan fingerprint density at radius 2 is 2.06 bits per heavy atom. The van der Waals surface area contributed by atoms with Gasteiger partial charge in [-0.1, -0.05) is 12.1 Å². The van der Waals surface area contributed by atoms with Crippen LogP contribution in [-0.2, 0) is 6.54 Å². The highest BCUT2D eigenvalue weighted by Crippen LogP contribution is 2.06. The number of rotatable bonds is 6. The fourth-order valence-corrected chi connectivity index (χ4v) is 1.39. The Bertz CT molecular complexity index is 498. The summed E-state index contributed by atoms with van der Waals surface area (Å²) in [4.78, 5) is 12.7. The SMILES string of the molecule is C=CCNc1nccc(NCc2ccccn2)n1. The van der Waals surface area contributed by atoms with Crippen molar-refractivity contribution < 1.29 is 0 Å². The molecule has 0 bridgehead atoms. The van der Waals surface area contributed by atoms with Crippen molar-refractivity contribution in [3.63, 3.8) is 0 Å². The van der Waals surface area contributed by atoms with Gasteiger partial charge in [0.2, 0.25) is 5.95 Å². The maximum atomic E-state index is 4.32. The lowest BCUT2D eigenvalue weighted by Gasteiger charge is -2.06. The van der Waals surface area contributed by atoms with Gasteiger partial charge < -0.3 is 10.6 Å². The minimum Gasteiger partial charge on any atom is -0.364 e. The van der Waals surface area contributed by atoms with Crippen LogP contribution in [0.5, 0.6) is 0 Å². The number of nitrogens with one attached hydrogen (secondary N) is 2. The molecule has 0 unspecified atom stereocenters. The fourth-order valence-electron chi connectivity index (χ4n) is 1.39. The largest absolute Gasteiger partial charge is 0.364 e. The first-order valence-corrected chi connectivity index (χ1v) is 5.70. The summed E-state index contributed by atoms with van der Waals surface area (Å²) < 4.78 is 0. The molecule has 0 spiro atoms. The first-order chi connectivity index (χ1) is 8.88. The van der Waals surface area contributed by atoms with E-state index in [1.54, 1.807) is 18.5 Å². The van der Waals surface area contributed by atoms with Crippen LogP contribution in [0.1, 0.15) is 5.69 Å². The minimum absolute atomic E-state index is 0.584. The second kappa shape index (κ2) is 6.34. The van der Waals surface area contributed by atoms with Gasteiger partial charge in [0.25, 0.3) is 0 Å². The maximum Gasteiger partial charge on any atom is 0.224 e. The molecule has 0 aliphatic rings. The van der Waals surface area contributed by atoms with Crippen LogP contribution in [-0.4, -0.2) is 21.5 Å². The summed E-state index contributed by atoms with van der Waals surface area (Å²) in [6.07, 6.45) is 5.24. The van der Waals surface area contributed by atoms with Crippen LogP contribution in [0.15, 0.2) is 49.3 Å². The Balaban J connectivity index is 1.95. The molecule has 2 N–H and O–H groups in total. The fraction of sp³-hybridized carbons (Fsp3) is 0.154. The molecule has 5 heteroatoms. The maximum absolute atomic E-state index is 4.32. The van der Waals surface area contributed by atoms with Crippen molar-refractivity contribution in [1.82, 2.24) is 15.0 Å². The van der Waals surface area contributed by atoms with Gasteiger partial charge in [0.1, 0.15) is 5.82 Å². The Labute approximate surface area is 106 Å². The van der Waals surface area contributed by atoms with Gasteiger partial charge in [0, 0.05) is 18.9 Å². The van der Waals surface area contributed by atoms with Gasteiger partial charge in [0.05, 0.1) is 12.2 Å². The van der Waals surface area contributed by atoms with E-state index in [0.29, 0.717) is 19.0 Å². The second-order valence-corrected chi connectivity index (χ2v) is 3.61. The van der Waals surface area contributed by atoms with Gasteiger partial charge >= 0.3 is 0 Å². The predicted molar refractivity (Wildman–Crippen MR) is 72.3 cm³/mol. The van der Waals surface area contributed by atoms with Crippen molar-refractivity contribution >= 4 is 11.8 Å². The first-order valence-electron chi connectivity index (χ1n) is 5.70. The lowest BCUT2D eigenvalue weighted by Crippen LogP contribution is -2.07. The Kier molecular flexibility index (Phi) is 4.24. The topological polar surface area (TPSA) is 62.7 Å². The lowest BCUT2D eigenvalue weighted by molar-refractivity contribution is 1.02. The van der Waals surface area contributed by atoms with Gasteiger partial charge in [-0.3, -0.25) is 4.98 Å². The molecule has 2 heterocycles. The third kappa shape index (κ3) is 3.55. The average molecular weight is 241 g/mol. The number of anilines is 2. The van der Waals surface area contributed by atoms with E-state index in [2.05, 4.69) is 32.2 Å². The molecule has 5 nitrogen and oxygen atoms in total. The zero-order valence-electron chi connectivity index (χ0n) is 10.0. The first kappa shape index (κ1) is 12.0. The third-order valence-electron chi connectivity index (χ3n) is 2.24. The molecule has 0 saturated heterocycles. The molecule has 92 valence electrons. The van der Waals surface area contributed by atoms with Gasteiger partial charge in [-0.2, -0.15) is 4.98 Å². The molecular formula is C13H15N5. The van der Waals surface area contributed by atoms with Crippen LogP contribution in [0.25, 0.3) is 0 Å². The second-order valence-electron chi connectivity index (χ2n) is 3.61. The van der Waals surface area contributed by atoms with E-state index < -0.39 is 0 Å². The van der Waals surface area contributed by atoms with Gasteiger partial charge in [-0.15, -0.1) is 6.58 Å². The summed E-state index contributed by atoms with van der Waals surface area (Å²) in [5.74, 6) is 1.35. The van der Waals surface area contributed by atoms with Crippen LogP contribution < -0.4 is 10.6 Å². The van der Waals surface area contributed by atoms with Crippen LogP contribution in [0, 0.1) is 0 Å². The van der Waals surface area contributed by atoms with Crippen LogP contribution in [0.4, 0.5) is 11.8 Å². The van der Waals surface area contributed by atoms with E-state index in [1.165, 1.54) is 0 Å². The summed E-state index contributed by atoms with van der Waals surface area (Å²) >= 11 is 0. The highest BCUT2D eigenvalue weighted by molar-refractivity contribution is 5.40. The molecule has 2 aromatic heterocycles. The molecule has 0 aliphatic heterocycles. The zero-order chi connectivity index (χ0) is 12.6. The monoisotopic (exact) mass is 241 g/mol. The number of hydrogen-bond acceptors (Lipinski definition) is 5.